The molecule has 1 aliphatic heterocycles. The summed E-state index contributed by atoms with van der Waals surface area (Å²) in [5, 5.41) is 0. The van der Waals surface area contributed by atoms with Crippen LogP contribution in [0.4, 0.5) is 4.39 Å². The Hall–Kier alpha value is -1.62. The topological polar surface area (TPSA) is 55.6 Å². The Labute approximate surface area is 118 Å². The van der Waals surface area contributed by atoms with Crippen LogP contribution in [0.5, 0.6) is 5.75 Å². The summed E-state index contributed by atoms with van der Waals surface area (Å²) >= 11 is 0. The lowest BCUT2D eigenvalue weighted by Crippen LogP contribution is -2.35. The maximum Gasteiger partial charge on any atom is 0.260 e. The van der Waals surface area contributed by atoms with Crippen molar-refractivity contribution in [2.24, 2.45) is 5.73 Å². The summed E-state index contributed by atoms with van der Waals surface area (Å²) in [6.07, 6.45) is 4.45. The van der Waals surface area contributed by atoms with Gasteiger partial charge in [0.2, 0.25) is 0 Å². The summed E-state index contributed by atoms with van der Waals surface area (Å²) in [5.74, 6) is -0.0645. The zero-order chi connectivity index (χ0) is 14.4. The van der Waals surface area contributed by atoms with Gasteiger partial charge in [-0.05, 0) is 18.9 Å². The van der Waals surface area contributed by atoms with E-state index in [4.69, 9.17) is 10.5 Å². The quantitative estimate of drug-likeness (QED) is 0.918. The van der Waals surface area contributed by atoms with E-state index in [-0.39, 0.29) is 19.1 Å². The molecule has 4 nitrogen and oxygen atoms in total. The first-order valence-corrected chi connectivity index (χ1v) is 7.10. The van der Waals surface area contributed by atoms with E-state index in [1.807, 2.05) is 4.90 Å². The van der Waals surface area contributed by atoms with Gasteiger partial charge in [0.1, 0.15) is 11.6 Å². The van der Waals surface area contributed by atoms with Crippen LogP contribution < -0.4 is 10.5 Å². The van der Waals surface area contributed by atoms with Gasteiger partial charge in [-0.15, -0.1) is 0 Å². The molecule has 0 bridgehead atoms. The first-order valence-electron chi connectivity index (χ1n) is 7.10. The van der Waals surface area contributed by atoms with E-state index in [9.17, 15) is 9.18 Å². The first kappa shape index (κ1) is 14.8. The lowest BCUT2D eigenvalue weighted by molar-refractivity contribution is -0.133. The number of carbonyl (C=O) groups excluding carboxylic acids is 1. The molecule has 110 valence electrons. The van der Waals surface area contributed by atoms with Gasteiger partial charge in [0, 0.05) is 31.3 Å². The normalized spacial score (nSPS) is 15.8. The lowest BCUT2D eigenvalue weighted by Gasteiger charge is -2.20. The molecule has 1 aromatic carbocycles. The minimum absolute atomic E-state index is 0.0322. The van der Waals surface area contributed by atoms with Gasteiger partial charge in [-0.25, -0.2) is 4.39 Å². The number of carbonyl (C=O) groups is 1. The molecular formula is C15H21FN2O2. The fraction of sp³-hybridized carbons (Fsp3) is 0.533. The van der Waals surface area contributed by atoms with Crippen molar-refractivity contribution < 1.29 is 13.9 Å². The maximum absolute atomic E-state index is 13.5. The monoisotopic (exact) mass is 280 g/mol. The van der Waals surface area contributed by atoms with Gasteiger partial charge in [-0.3, -0.25) is 4.79 Å². The second-order valence-corrected chi connectivity index (χ2v) is 5.04. The Morgan fingerprint density at radius 3 is 2.55 bits per heavy atom. The molecule has 0 aliphatic carbocycles. The first-order chi connectivity index (χ1) is 9.70. The highest BCUT2D eigenvalue weighted by Crippen LogP contribution is 2.17. The average molecular weight is 280 g/mol. The number of amides is 1. The molecule has 5 heteroatoms. The van der Waals surface area contributed by atoms with Crippen molar-refractivity contribution in [3.05, 3.63) is 29.6 Å². The summed E-state index contributed by atoms with van der Waals surface area (Å²) in [6.45, 7) is 1.70. The Morgan fingerprint density at radius 1 is 1.25 bits per heavy atom. The molecule has 0 spiro atoms. The molecule has 2 N–H and O–H groups in total. The number of hydrogen-bond donors (Lipinski definition) is 1. The van der Waals surface area contributed by atoms with Gasteiger partial charge in [-0.1, -0.05) is 18.9 Å². The van der Waals surface area contributed by atoms with E-state index in [1.54, 1.807) is 12.1 Å². The van der Waals surface area contributed by atoms with Crippen molar-refractivity contribution in [3.8, 4) is 5.75 Å². The van der Waals surface area contributed by atoms with Crippen LogP contribution in [-0.2, 0) is 11.3 Å². The van der Waals surface area contributed by atoms with Crippen molar-refractivity contribution >= 4 is 5.91 Å². The molecule has 1 aromatic rings. The minimum atomic E-state index is -0.396. The Kier molecular flexibility index (Phi) is 5.35. The fourth-order valence-corrected chi connectivity index (χ4v) is 2.34. The van der Waals surface area contributed by atoms with E-state index < -0.39 is 5.82 Å². The molecule has 0 atom stereocenters. The summed E-state index contributed by atoms with van der Waals surface area (Å²) < 4.78 is 18.9. The third-order valence-corrected chi connectivity index (χ3v) is 3.57. The highest BCUT2D eigenvalue weighted by molar-refractivity contribution is 5.77. The molecule has 0 aromatic heterocycles. The number of nitrogens with two attached hydrogens (primary N) is 1. The smallest absolute Gasteiger partial charge is 0.260 e. The molecule has 0 saturated carbocycles. The van der Waals surface area contributed by atoms with Crippen LogP contribution in [0.2, 0.25) is 0 Å². The molecule has 2 rings (SSSR count). The molecule has 1 amide bonds. The number of benzene rings is 1. The van der Waals surface area contributed by atoms with E-state index in [0.29, 0.717) is 11.3 Å². The summed E-state index contributed by atoms with van der Waals surface area (Å²) in [6, 6.07) is 4.50. The number of rotatable bonds is 4. The largest absolute Gasteiger partial charge is 0.484 e. The highest BCUT2D eigenvalue weighted by atomic mass is 19.1. The van der Waals surface area contributed by atoms with Crippen LogP contribution in [0.3, 0.4) is 0 Å². The second kappa shape index (κ2) is 7.24. The summed E-state index contributed by atoms with van der Waals surface area (Å²) in [4.78, 5) is 13.9. The Balaban J connectivity index is 1.87. The van der Waals surface area contributed by atoms with Gasteiger partial charge in [0.25, 0.3) is 5.91 Å². The lowest BCUT2D eigenvalue weighted by atomic mass is 10.2. The average Bonchev–Trinajstić information content (AvgIpc) is 2.74. The predicted molar refractivity (Wildman–Crippen MR) is 74.8 cm³/mol. The van der Waals surface area contributed by atoms with Gasteiger partial charge in [0.15, 0.2) is 6.61 Å². The second-order valence-electron chi connectivity index (χ2n) is 5.04. The van der Waals surface area contributed by atoms with E-state index in [0.717, 1.165) is 25.9 Å². The van der Waals surface area contributed by atoms with E-state index >= 15 is 0 Å². The summed E-state index contributed by atoms with van der Waals surface area (Å²) in [7, 11) is 0. The molecule has 20 heavy (non-hydrogen) atoms. The van der Waals surface area contributed by atoms with Gasteiger partial charge < -0.3 is 15.4 Å². The van der Waals surface area contributed by atoms with Crippen LogP contribution in [0.1, 0.15) is 31.2 Å². The predicted octanol–water partition coefficient (Wildman–Crippen LogP) is 2.07. The van der Waals surface area contributed by atoms with Crippen LogP contribution in [0.15, 0.2) is 18.2 Å². The SMILES string of the molecule is NCc1ccc(OCC(=O)N2CCCCCC2)cc1F. The van der Waals surface area contributed by atoms with Crippen LogP contribution in [-0.4, -0.2) is 30.5 Å². The molecule has 1 aliphatic rings. The number of ether oxygens (including phenoxy) is 1. The highest BCUT2D eigenvalue weighted by Gasteiger charge is 2.16. The number of likely N-dealkylation sites (tertiary alicyclic amines) is 1. The molecular weight excluding hydrogens is 259 g/mol. The number of halogens is 1. The van der Waals surface area contributed by atoms with Gasteiger partial charge in [-0.2, -0.15) is 0 Å². The van der Waals surface area contributed by atoms with Crippen molar-refractivity contribution in [1.82, 2.24) is 4.90 Å². The van der Waals surface area contributed by atoms with Crippen molar-refractivity contribution in [2.45, 2.75) is 32.2 Å². The molecule has 0 radical (unpaired) electrons. The zero-order valence-corrected chi connectivity index (χ0v) is 11.6. The summed E-state index contributed by atoms with van der Waals surface area (Å²) in [5.41, 5.74) is 5.83. The van der Waals surface area contributed by atoms with Crippen LogP contribution in [0, 0.1) is 5.82 Å². The van der Waals surface area contributed by atoms with Crippen LogP contribution >= 0.6 is 0 Å². The third-order valence-electron chi connectivity index (χ3n) is 3.57. The van der Waals surface area contributed by atoms with E-state index in [2.05, 4.69) is 0 Å². The maximum atomic E-state index is 13.5. The van der Waals surface area contributed by atoms with Crippen LogP contribution in [0.25, 0.3) is 0 Å². The Bertz CT molecular complexity index is 457. The van der Waals surface area contributed by atoms with Crippen molar-refractivity contribution in [2.75, 3.05) is 19.7 Å². The van der Waals surface area contributed by atoms with E-state index in [1.165, 1.54) is 18.9 Å². The third kappa shape index (κ3) is 3.93. The van der Waals surface area contributed by atoms with Gasteiger partial charge in [0.05, 0.1) is 0 Å². The van der Waals surface area contributed by atoms with Crippen molar-refractivity contribution in [1.29, 1.82) is 0 Å². The molecule has 1 fully saturated rings. The van der Waals surface area contributed by atoms with Gasteiger partial charge >= 0.3 is 0 Å². The van der Waals surface area contributed by atoms with Crippen molar-refractivity contribution in [3.63, 3.8) is 0 Å². The minimum Gasteiger partial charge on any atom is -0.484 e. The standard InChI is InChI=1S/C15H21FN2O2/c16-14-9-13(6-5-12(14)10-17)20-11-15(19)18-7-3-1-2-4-8-18/h5-6,9H,1-4,7-8,10-11,17H2. The molecule has 1 saturated heterocycles. The molecule has 0 unspecified atom stereocenters. The number of nitrogens with zero attached hydrogens (tertiary/aromatic N) is 1. The number of hydrogen-bond acceptors (Lipinski definition) is 3. The zero-order valence-electron chi connectivity index (χ0n) is 11.6. The molecule has 1 heterocycles. The Morgan fingerprint density at radius 2 is 1.95 bits per heavy atom. The fourth-order valence-electron chi connectivity index (χ4n) is 2.34.